The van der Waals surface area contributed by atoms with Crippen LogP contribution in [0.25, 0.3) is 0 Å². The van der Waals surface area contributed by atoms with Gasteiger partial charge in [-0.15, -0.1) is 0 Å². The monoisotopic (exact) mass is 203 g/mol. The van der Waals surface area contributed by atoms with Crippen molar-refractivity contribution in [2.45, 2.75) is 19.8 Å². The summed E-state index contributed by atoms with van der Waals surface area (Å²) in [7, 11) is 1.52. The summed E-state index contributed by atoms with van der Waals surface area (Å²) >= 11 is 0. The lowest BCUT2D eigenvalue weighted by Gasteiger charge is -2.04. The Morgan fingerprint density at radius 3 is 2.57 bits per heavy atom. The van der Waals surface area contributed by atoms with Crippen LogP contribution < -0.4 is 5.32 Å². The van der Waals surface area contributed by atoms with Crippen molar-refractivity contribution >= 4 is 11.9 Å². The average molecular weight is 203 g/mol. The molecule has 0 aromatic rings. The smallest absolute Gasteiger partial charge is 0.315 e. The Labute approximate surface area is 83.8 Å². The highest BCUT2D eigenvalue weighted by Gasteiger charge is 2.09. The van der Waals surface area contributed by atoms with Crippen LogP contribution in [0.15, 0.2) is 0 Å². The average Bonchev–Trinajstić information content (AvgIpc) is 2.15. The predicted molar refractivity (Wildman–Crippen MR) is 50.8 cm³/mol. The summed E-state index contributed by atoms with van der Waals surface area (Å²) in [5.74, 6) is -0.815. The first-order valence-corrected chi connectivity index (χ1v) is 4.62. The molecule has 0 unspecified atom stereocenters. The van der Waals surface area contributed by atoms with Crippen LogP contribution in [0.2, 0.25) is 0 Å². The summed E-state index contributed by atoms with van der Waals surface area (Å²) in [4.78, 5) is 22.0. The number of esters is 1. The third-order valence-corrected chi connectivity index (χ3v) is 1.43. The van der Waals surface area contributed by atoms with E-state index in [1.165, 1.54) is 7.11 Å². The lowest BCUT2D eigenvalue weighted by molar-refractivity contribution is -0.147. The quantitative estimate of drug-likeness (QED) is 0.362. The van der Waals surface area contributed by atoms with Crippen LogP contribution >= 0.6 is 0 Å². The fourth-order valence-corrected chi connectivity index (χ4v) is 0.748. The van der Waals surface area contributed by atoms with Gasteiger partial charge < -0.3 is 14.8 Å². The molecule has 0 aliphatic carbocycles. The maximum atomic E-state index is 11.0. The SMILES string of the molecule is CCCNC(=O)CC(=O)OCCOC. The van der Waals surface area contributed by atoms with Crippen LogP contribution in [0.4, 0.5) is 0 Å². The Bertz CT molecular complexity index is 182. The van der Waals surface area contributed by atoms with Gasteiger partial charge in [-0.1, -0.05) is 6.92 Å². The van der Waals surface area contributed by atoms with Crippen molar-refractivity contribution in [2.75, 3.05) is 26.9 Å². The van der Waals surface area contributed by atoms with E-state index in [1.54, 1.807) is 0 Å². The summed E-state index contributed by atoms with van der Waals surface area (Å²) < 4.78 is 9.39. The predicted octanol–water partition coefficient (Wildman–Crippen LogP) is 0.0923. The van der Waals surface area contributed by atoms with Crippen molar-refractivity contribution in [1.29, 1.82) is 0 Å². The van der Waals surface area contributed by atoms with Gasteiger partial charge in [0.2, 0.25) is 5.91 Å². The van der Waals surface area contributed by atoms with E-state index in [4.69, 9.17) is 4.74 Å². The molecular formula is C9H17NO4. The molecule has 0 aliphatic rings. The lowest BCUT2D eigenvalue weighted by Crippen LogP contribution is -2.27. The van der Waals surface area contributed by atoms with Gasteiger partial charge in [0.05, 0.1) is 6.61 Å². The molecule has 1 N–H and O–H groups in total. The lowest BCUT2D eigenvalue weighted by atomic mass is 10.4. The van der Waals surface area contributed by atoms with E-state index >= 15 is 0 Å². The number of carbonyl (C=O) groups is 2. The van der Waals surface area contributed by atoms with Crippen LogP contribution in [0.3, 0.4) is 0 Å². The molecule has 14 heavy (non-hydrogen) atoms. The Morgan fingerprint density at radius 2 is 2.00 bits per heavy atom. The number of methoxy groups -OCH3 is 1. The maximum absolute atomic E-state index is 11.0. The van der Waals surface area contributed by atoms with Crippen LogP contribution in [0.1, 0.15) is 19.8 Å². The fourth-order valence-electron chi connectivity index (χ4n) is 0.748. The van der Waals surface area contributed by atoms with Crippen molar-refractivity contribution in [2.24, 2.45) is 0 Å². The van der Waals surface area contributed by atoms with Gasteiger partial charge in [0, 0.05) is 13.7 Å². The van der Waals surface area contributed by atoms with Gasteiger partial charge in [-0.25, -0.2) is 0 Å². The highest BCUT2D eigenvalue weighted by molar-refractivity contribution is 5.94. The van der Waals surface area contributed by atoms with Crippen molar-refractivity contribution in [1.82, 2.24) is 5.32 Å². The fraction of sp³-hybridized carbons (Fsp3) is 0.778. The van der Waals surface area contributed by atoms with E-state index in [9.17, 15) is 9.59 Å². The van der Waals surface area contributed by atoms with Crippen molar-refractivity contribution in [3.05, 3.63) is 0 Å². The van der Waals surface area contributed by atoms with Gasteiger partial charge in [-0.2, -0.15) is 0 Å². The van der Waals surface area contributed by atoms with Crippen molar-refractivity contribution in [3.63, 3.8) is 0 Å². The Kier molecular flexibility index (Phi) is 7.83. The van der Waals surface area contributed by atoms with Crippen molar-refractivity contribution < 1.29 is 19.1 Å². The van der Waals surface area contributed by atoms with Gasteiger partial charge in [0.25, 0.3) is 0 Å². The second-order valence-corrected chi connectivity index (χ2v) is 2.74. The highest BCUT2D eigenvalue weighted by atomic mass is 16.6. The van der Waals surface area contributed by atoms with E-state index in [1.807, 2.05) is 6.92 Å². The molecule has 0 aromatic heterocycles. The molecule has 0 aromatic carbocycles. The standard InChI is InChI=1S/C9H17NO4/c1-3-4-10-8(11)7-9(12)14-6-5-13-2/h3-7H2,1-2H3,(H,10,11). The molecule has 0 spiro atoms. The summed E-state index contributed by atoms with van der Waals surface area (Å²) in [6.07, 6.45) is 0.633. The van der Waals surface area contributed by atoms with Gasteiger partial charge >= 0.3 is 5.97 Å². The van der Waals surface area contributed by atoms with Gasteiger partial charge in [0.1, 0.15) is 13.0 Å². The number of rotatable bonds is 7. The van der Waals surface area contributed by atoms with Crippen LogP contribution in [0, 0.1) is 0 Å². The third kappa shape index (κ3) is 7.54. The van der Waals surface area contributed by atoms with Crippen molar-refractivity contribution in [3.8, 4) is 0 Å². The zero-order valence-electron chi connectivity index (χ0n) is 8.67. The number of hydrogen-bond donors (Lipinski definition) is 1. The van der Waals surface area contributed by atoms with E-state index in [-0.39, 0.29) is 18.9 Å². The number of carbonyl (C=O) groups excluding carboxylic acids is 2. The van der Waals surface area contributed by atoms with E-state index < -0.39 is 5.97 Å². The maximum Gasteiger partial charge on any atom is 0.315 e. The summed E-state index contributed by atoms with van der Waals surface area (Å²) in [5, 5.41) is 2.58. The third-order valence-electron chi connectivity index (χ3n) is 1.43. The molecule has 1 amide bonds. The zero-order valence-corrected chi connectivity index (χ0v) is 8.67. The van der Waals surface area contributed by atoms with Crippen LogP contribution in [-0.4, -0.2) is 38.7 Å². The minimum atomic E-state index is -0.518. The molecule has 0 rings (SSSR count). The Balaban J connectivity index is 3.45. The Morgan fingerprint density at radius 1 is 1.29 bits per heavy atom. The van der Waals surface area contributed by atoms with E-state index in [2.05, 4.69) is 10.1 Å². The highest BCUT2D eigenvalue weighted by Crippen LogP contribution is 1.87. The molecule has 0 radical (unpaired) electrons. The zero-order chi connectivity index (χ0) is 10.8. The molecule has 0 heterocycles. The second-order valence-electron chi connectivity index (χ2n) is 2.74. The molecular weight excluding hydrogens is 186 g/mol. The molecule has 0 bridgehead atoms. The molecule has 0 aliphatic heterocycles. The molecule has 0 saturated carbocycles. The Hall–Kier alpha value is -1.10. The molecule has 82 valence electrons. The van der Waals surface area contributed by atoms with Gasteiger partial charge in [0.15, 0.2) is 0 Å². The molecule has 5 nitrogen and oxygen atoms in total. The first kappa shape index (κ1) is 12.9. The van der Waals surface area contributed by atoms with Crippen LogP contribution in [-0.2, 0) is 19.1 Å². The summed E-state index contributed by atoms with van der Waals surface area (Å²) in [6.45, 7) is 3.07. The molecule has 0 saturated heterocycles. The first-order chi connectivity index (χ1) is 6.70. The molecule has 5 heteroatoms. The number of nitrogens with one attached hydrogen (secondary N) is 1. The largest absolute Gasteiger partial charge is 0.463 e. The van der Waals surface area contributed by atoms with E-state index in [0.29, 0.717) is 13.2 Å². The van der Waals surface area contributed by atoms with E-state index in [0.717, 1.165) is 6.42 Å². The number of amides is 1. The number of hydrogen-bond acceptors (Lipinski definition) is 4. The number of ether oxygens (including phenoxy) is 2. The minimum absolute atomic E-state index is 0.191. The molecule has 0 atom stereocenters. The topological polar surface area (TPSA) is 64.6 Å². The summed E-state index contributed by atoms with van der Waals surface area (Å²) in [5.41, 5.74) is 0. The van der Waals surface area contributed by atoms with Crippen LogP contribution in [0.5, 0.6) is 0 Å². The normalized spacial score (nSPS) is 9.57. The summed E-state index contributed by atoms with van der Waals surface area (Å²) in [6, 6.07) is 0. The first-order valence-electron chi connectivity index (χ1n) is 4.62. The molecule has 0 fully saturated rings. The van der Waals surface area contributed by atoms with Gasteiger partial charge in [-0.3, -0.25) is 9.59 Å². The second kappa shape index (κ2) is 8.50. The minimum Gasteiger partial charge on any atom is -0.463 e. The van der Waals surface area contributed by atoms with Gasteiger partial charge in [-0.05, 0) is 6.42 Å².